The Balaban J connectivity index is 1.70. The normalized spacial score (nSPS) is 11.2. The molecule has 0 aromatic carbocycles. The molecule has 4 heterocycles. The predicted octanol–water partition coefficient (Wildman–Crippen LogP) is 4.68. The molecule has 4 aromatic rings. The molecule has 1 amide bonds. The van der Waals surface area contributed by atoms with Gasteiger partial charge in [0.1, 0.15) is 10.2 Å². The van der Waals surface area contributed by atoms with Crippen LogP contribution in [0, 0.1) is 6.92 Å². The second-order valence-corrected chi connectivity index (χ2v) is 8.83. The number of primary amides is 1. The Hall–Kier alpha value is -2.13. The molecular weight excluding hydrogens is 437 g/mol. The first kappa shape index (κ1) is 19.2. The first-order chi connectivity index (χ1) is 13.4. The molecule has 0 saturated carbocycles. The number of carbonyl (C=O) groups is 1. The lowest BCUT2D eigenvalue weighted by atomic mass is 10.2. The number of aromatic nitrogens is 4. The zero-order chi connectivity index (χ0) is 19.8. The van der Waals surface area contributed by atoms with E-state index >= 15 is 0 Å². The summed E-state index contributed by atoms with van der Waals surface area (Å²) in [5.41, 5.74) is 8.55. The number of halogens is 2. The molecule has 0 aliphatic rings. The SMILES string of the molecule is Cc1c(C(N)=O)cc(-c2csc(Cn3cnc(Cl)c3Cl)n2)n1Cc1cccs1. The topological polar surface area (TPSA) is 78.7 Å². The minimum absolute atomic E-state index is 0.269. The summed E-state index contributed by atoms with van der Waals surface area (Å²) in [4.78, 5) is 21.8. The number of nitrogens with zero attached hydrogens (tertiary/aromatic N) is 4. The smallest absolute Gasteiger partial charge is 0.250 e. The average Bonchev–Trinajstić information content (AvgIpc) is 3.43. The van der Waals surface area contributed by atoms with Gasteiger partial charge in [0.2, 0.25) is 0 Å². The Kier molecular flexibility index (Phi) is 5.29. The maximum absolute atomic E-state index is 11.9. The fraction of sp³-hybridized carbons (Fsp3) is 0.167. The highest BCUT2D eigenvalue weighted by atomic mass is 35.5. The van der Waals surface area contributed by atoms with Crippen LogP contribution in [0.1, 0.15) is 25.9 Å². The largest absolute Gasteiger partial charge is 0.366 e. The van der Waals surface area contributed by atoms with Crippen molar-refractivity contribution in [1.82, 2.24) is 19.1 Å². The summed E-state index contributed by atoms with van der Waals surface area (Å²) in [6.07, 6.45) is 1.58. The van der Waals surface area contributed by atoms with E-state index < -0.39 is 5.91 Å². The number of rotatable bonds is 6. The van der Waals surface area contributed by atoms with Crippen LogP contribution in [-0.2, 0) is 13.1 Å². The molecule has 0 aliphatic carbocycles. The van der Waals surface area contributed by atoms with Crippen LogP contribution >= 0.6 is 45.9 Å². The Morgan fingerprint density at radius 3 is 2.75 bits per heavy atom. The molecule has 0 aliphatic heterocycles. The molecular formula is C18H15Cl2N5OS2. The number of thiophene rings is 1. The quantitative estimate of drug-likeness (QED) is 0.461. The second-order valence-electron chi connectivity index (χ2n) is 6.14. The van der Waals surface area contributed by atoms with Crippen LogP contribution in [0.25, 0.3) is 11.4 Å². The Labute approximate surface area is 179 Å². The molecule has 28 heavy (non-hydrogen) atoms. The van der Waals surface area contributed by atoms with Crippen molar-refractivity contribution in [2.45, 2.75) is 20.0 Å². The van der Waals surface area contributed by atoms with Crippen LogP contribution in [0.15, 0.2) is 35.3 Å². The van der Waals surface area contributed by atoms with Gasteiger partial charge >= 0.3 is 0 Å². The van der Waals surface area contributed by atoms with E-state index in [9.17, 15) is 4.79 Å². The molecule has 0 atom stereocenters. The molecule has 0 saturated heterocycles. The third-order valence-corrected chi connectivity index (χ3v) is 6.84. The minimum atomic E-state index is -0.445. The molecule has 4 rings (SSSR count). The van der Waals surface area contributed by atoms with E-state index in [0.29, 0.717) is 23.8 Å². The maximum atomic E-state index is 11.9. The number of thiazole rings is 1. The lowest BCUT2D eigenvalue weighted by Crippen LogP contribution is -2.12. The van der Waals surface area contributed by atoms with Crippen molar-refractivity contribution in [3.8, 4) is 11.4 Å². The number of hydrogen-bond acceptors (Lipinski definition) is 5. The third kappa shape index (κ3) is 3.60. The molecule has 0 bridgehead atoms. The number of carbonyl (C=O) groups excluding carboxylic acids is 1. The van der Waals surface area contributed by atoms with Gasteiger partial charge in [-0.15, -0.1) is 22.7 Å². The van der Waals surface area contributed by atoms with E-state index in [1.54, 1.807) is 22.2 Å². The number of hydrogen-bond donors (Lipinski definition) is 1. The lowest BCUT2D eigenvalue weighted by Gasteiger charge is -2.09. The van der Waals surface area contributed by atoms with E-state index in [4.69, 9.17) is 33.9 Å². The van der Waals surface area contributed by atoms with Crippen LogP contribution in [-0.4, -0.2) is 25.0 Å². The van der Waals surface area contributed by atoms with Gasteiger partial charge in [0, 0.05) is 16.0 Å². The molecule has 2 N–H and O–H groups in total. The van der Waals surface area contributed by atoms with Crippen LogP contribution < -0.4 is 5.73 Å². The van der Waals surface area contributed by atoms with Crippen molar-refractivity contribution in [3.63, 3.8) is 0 Å². The van der Waals surface area contributed by atoms with Crippen molar-refractivity contribution < 1.29 is 4.79 Å². The van der Waals surface area contributed by atoms with Crippen molar-refractivity contribution in [3.05, 3.63) is 66.7 Å². The van der Waals surface area contributed by atoms with Gasteiger partial charge in [0.25, 0.3) is 5.91 Å². The van der Waals surface area contributed by atoms with Gasteiger partial charge in [0.05, 0.1) is 36.4 Å². The van der Waals surface area contributed by atoms with E-state index in [1.807, 2.05) is 29.8 Å². The number of imidazole rings is 1. The average molecular weight is 452 g/mol. The van der Waals surface area contributed by atoms with Crippen molar-refractivity contribution >= 4 is 51.8 Å². The Morgan fingerprint density at radius 1 is 1.29 bits per heavy atom. The molecule has 6 nitrogen and oxygen atoms in total. The number of amides is 1. The Morgan fingerprint density at radius 2 is 2.11 bits per heavy atom. The number of nitrogens with two attached hydrogens (primary N) is 1. The van der Waals surface area contributed by atoms with Crippen LogP contribution in [0.3, 0.4) is 0 Å². The minimum Gasteiger partial charge on any atom is -0.366 e. The molecule has 0 spiro atoms. The van der Waals surface area contributed by atoms with Crippen LogP contribution in [0.4, 0.5) is 0 Å². The highest BCUT2D eigenvalue weighted by Crippen LogP contribution is 2.30. The molecule has 0 unspecified atom stereocenters. The first-order valence-electron chi connectivity index (χ1n) is 8.27. The van der Waals surface area contributed by atoms with Crippen molar-refractivity contribution in [2.24, 2.45) is 5.73 Å². The molecule has 4 aromatic heterocycles. The highest BCUT2D eigenvalue weighted by molar-refractivity contribution is 7.10. The summed E-state index contributed by atoms with van der Waals surface area (Å²) in [6, 6.07) is 5.88. The van der Waals surface area contributed by atoms with Gasteiger partial charge in [-0.25, -0.2) is 9.97 Å². The first-order valence-corrected chi connectivity index (χ1v) is 10.8. The fourth-order valence-corrected chi connectivity index (χ4v) is 4.75. The summed E-state index contributed by atoms with van der Waals surface area (Å²) in [7, 11) is 0. The predicted molar refractivity (Wildman–Crippen MR) is 114 cm³/mol. The van der Waals surface area contributed by atoms with E-state index in [-0.39, 0.29) is 5.15 Å². The van der Waals surface area contributed by atoms with Crippen molar-refractivity contribution in [2.75, 3.05) is 0 Å². The molecule has 0 fully saturated rings. The van der Waals surface area contributed by atoms with Gasteiger partial charge in [0.15, 0.2) is 5.15 Å². The summed E-state index contributed by atoms with van der Waals surface area (Å²) in [5.74, 6) is -0.445. The molecule has 10 heteroatoms. The standard InChI is InChI=1S/C18H15Cl2N5OS2/c1-10-12(18(21)26)5-14(25(10)6-11-3-2-4-27-11)13-8-28-15(23-13)7-24-9-22-16(19)17(24)20/h2-5,8-9H,6-7H2,1H3,(H2,21,26). The van der Waals surface area contributed by atoms with Gasteiger partial charge in [-0.3, -0.25) is 4.79 Å². The van der Waals surface area contributed by atoms with Crippen LogP contribution in [0.5, 0.6) is 0 Å². The molecule has 144 valence electrons. The Bertz CT molecular complexity index is 1140. The van der Waals surface area contributed by atoms with Gasteiger partial charge < -0.3 is 14.9 Å². The highest BCUT2D eigenvalue weighted by Gasteiger charge is 2.19. The van der Waals surface area contributed by atoms with Crippen LogP contribution in [0.2, 0.25) is 10.3 Å². The second kappa shape index (κ2) is 7.71. The monoisotopic (exact) mass is 451 g/mol. The van der Waals surface area contributed by atoms with E-state index in [2.05, 4.69) is 15.6 Å². The fourth-order valence-electron chi connectivity index (χ4n) is 2.97. The summed E-state index contributed by atoms with van der Waals surface area (Å²) in [5, 5.41) is 5.50. The zero-order valence-corrected chi connectivity index (χ0v) is 17.9. The maximum Gasteiger partial charge on any atom is 0.250 e. The summed E-state index contributed by atoms with van der Waals surface area (Å²) in [6.45, 7) is 3.02. The molecule has 0 radical (unpaired) electrons. The summed E-state index contributed by atoms with van der Waals surface area (Å²) < 4.78 is 3.81. The van der Waals surface area contributed by atoms with E-state index in [1.165, 1.54) is 16.2 Å². The van der Waals surface area contributed by atoms with Gasteiger partial charge in [-0.2, -0.15) is 0 Å². The summed E-state index contributed by atoms with van der Waals surface area (Å²) >= 11 is 15.2. The third-order valence-electron chi connectivity index (χ3n) is 4.38. The van der Waals surface area contributed by atoms with Gasteiger partial charge in [-0.05, 0) is 24.4 Å². The zero-order valence-electron chi connectivity index (χ0n) is 14.7. The lowest BCUT2D eigenvalue weighted by molar-refractivity contribution is 0.0999. The van der Waals surface area contributed by atoms with Gasteiger partial charge in [-0.1, -0.05) is 29.3 Å². The van der Waals surface area contributed by atoms with E-state index in [0.717, 1.165) is 22.1 Å². The van der Waals surface area contributed by atoms with Crippen molar-refractivity contribution in [1.29, 1.82) is 0 Å².